The Kier molecular flexibility index (Phi) is 6.04. The number of thiocarbonyl (C=S) groups is 1. The molecule has 3 aromatic heterocycles. The minimum absolute atomic E-state index is 0.204. The Balaban J connectivity index is 1.47. The molecule has 0 bridgehead atoms. The summed E-state index contributed by atoms with van der Waals surface area (Å²) in [6, 6.07) is 14.6. The third kappa shape index (κ3) is 3.81. The highest BCUT2D eigenvalue weighted by atomic mass is 32.2. The van der Waals surface area contributed by atoms with Gasteiger partial charge in [-0.2, -0.15) is 0 Å². The molecule has 0 N–H and O–H groups in total. The molecule has 0 radical (unpaired) electrons. The molecule has 6 rings (SSSR count). The Labute approximate surface area is 227 Å². The number of amides is 1. The van der Waals surface area contributed by atoms with Gasteiger partial charge in [-0.1, -0.05) is 48.2 Å². The molecule has 0 aliphatic carbocycles. The lowest BCUT2D eigenvalue weighted by Gasteiger charge is -2.19. The predicted octanol–water partition coefficient (Wildman–Crippen LogP) is 3.50. The maximum absolute atomic E-state index is 13.7. The molecule has 1 aromatic carbocycles. The molecule has 0 unspecified atom stereocenters. The average molecular weight is 545 g/mol. The summed E-state index contributed by atoms with van der Waals surface area (Å²) in [5.74, 6) is 0.127. The minimum atomic E-state index is -0.434. The van der Waals surface area contributed by atoms with E-state index in [1.165, 1.54) is 14.0 Å². The molecule has 1 amide bonds. The lowest BCUT2D eigenvalue weighted by molar-refractivity contribution is -0.113. The van der Waals surface area contributed by atoms with Gasteiger partial charge in [0.05, 0.1) is 21.8 Å². The number of nitrogens with zero attached hydrogens (tertiary/aromatic N) is 6. The van der Waals surface area contributed by atoms with Crippen LogP contribution in [0.2, 0.25) is 0 Å². The summed E-state index contributed by atoms with van der Waals surface area (Å²) in [4.78, 5) is 49.3. The standard InChI is InChI=1S/C27H24N6O3S2/c1-17-22(26(36)33(29(17)2)18-10-4-3-5-11-18)32-25(35)20(38-27(32)37)16-19-23(30-13-8-9-14-30)28-21-12-6-7-15-31(21)24(19)34/h3-7,10-12,15-16H,8-9,13-14H2,1-2H3. The molecule has 11 heteroatoms. The largest absolute Gasteiger partial charge is 0.356 e. The van der Waals surface area contributed by atoms with Gasteiger partial charge >= 0.3 is 0 Å². The van der Waals surface area contributed by atoms with E-state index in [2.05, 4.69) is 4.90 Å². The Morgan fingerprint density at radius 1 is 0.974 bits per heavy atom. The first-order chi connectivity index (χ1) is 18.4. The van der Waals surface area contributed by atoms with Gasteiger partial charge in [-0.3, -0.25) is 28.4 Å². The summed E-state index contributed by atoms with van der Waals surface area (Å²) < 4.78 is 4.94. The van der Waals surface area contributed by atoms with Crippen molar-refractivity contribution in [2.24, 2.45) is 7.05 Å². The molecule has 2 aliphatic heterocycles. The number of fused-ring (bicyclic) bond motifs is 1. The van der Waals surface area contributed by atoms with Crippen molar-refractivity contribution in [3.05, 3.63) is 91.6 Å². The van der Waals surface area contributed by atoms with Crippen molar-refractivity contribution in [3.8, 4) is 5.69 Å². The number of pyridine rings is 1. The molecule has 0 atom stereocenters. The molecule has 0 saturated carbocycles. The highest BCUT2D eigenvalue weighted by molar-refractivity contribution is 8.27. The van der Waals surface area contributed by atoms with E-state index in [0.29, 0.717) is 28.4 Å². The fourth-order valence-electron chi connectivity index (χ4n) is 4.99. The van der Waals surface area contributed by atoms with Crippen LogP contribution < -0.4 is 20.9 Å². The van der Waals surface area contributed by atoms with Crippen LogP contribution in [0.15, 0.2) is 69.2 Å². The van der Waals surface area contributed by atoms with E-state index in [4.69, 9.17) is 17.2 Å². The van der Waals surface area contributed by atoms with Gasteiger partial charge in [0.1, 0.15) is 17.2 Å². The number of benzene rings is 1. The van der Waals surface area contributed by atoms with Crippen LogP contribution in [-0.2, 0) is 11.8 Å². The van der Waals surface area contributed by atoms with E-state index >= 15 is 0 Å². The van der Waals surface area contributed by atoms with E-state index in [0.717, 1.165) is 37.7 Å². The molecule has 38 heavy (non-hydrogen) atoms. The first kappa shape index (κ1) is 24.4. The van der Waals surface area contributed by atoms with E-state index in [1.54, 1.807) is 43.1 Å². The molecule has 9 nitrogen and oxygen atoms in total. The number of anilines is 2. The van der Waals surface area contributed by atoms with E-state index in [-0.39, 0.29) is 26.0 Å². The fourth-order valence-corrected chi connectivity index (χ4v) is 6.24. The van der Waals surface area contributed by atoms with Gasteiger partial charge in [0.25, 0.3) is 17.0 Å². The number of hydrogen-bond donors (Lipinski definition) is 0. The summed E-state index contributed by atoms with van der Waals surface area (Å²) in [5, 5.41) is 0. The molecule has 2 fully saturated rings. The molecule has 5 heterocycles. The predicted molar refractivity (Wildman–Crippen MR) is 154 cm³/mol. The molecule has 2 saturated heterocycles. The van der Waals surface area contributed by atoms with Crippen molar-refractivity contribution < 1.29 is 4.79 Å². The number of para-hydroxylation sites is 1. The SMILES string of the molecule is Cc1c(N2C(=O)C(=Cc3c(N4CCCC4)nc4ccccn4c3=O)SC2=S)c(=O)n(-c2ccccc2)n1C. The third-order valence-electron chi connectivity index (χ3n) is 6.97. The van der Waals surface area contributed by atoms with E-state index in [9.17, 15) is 14.4 Å². The fraction of sp³-hybridized carbons (Fsp3) is 0.222. The zero-order chi connectivity index (χ0) is 26.6. The van der Waals surface area contributed by atoms with Gasteiger partial charge < -0.3 is 4.90 Å². The van der Waals surface area contributed by atoms with Crippen LogP contribution in [0.5, 0.6) is 0 Å². The molecule has 4 aromatic rings. The van der Waals surface area contributed by atoms with Gasteiger partial charge in [0.2, 0.25) is 0 Å². The second kappa shape index (κ2) is 9.41. The molecule has 0 spiro atoms. The van der Waals surface area contributed by atoms with Gasteiger partial charge in [0, 0.05) is 26.3 Å². The van der Waals surface area contributed by atoms with Crippen LogP contribution in [0.4, 0.5) is 11.5 Å². The van der Waals surface area contributed by atoms with Crippen molar-refractivity contribution in [3.63, 3.8) is 0 Å². The number of thioether (sulfide) groups is 1. The quantitative estimate of drug-likeness (QED) is 0.287. The lowest BCUT2D eigenvalue weighted by atomic mass is 10.2. The van der Waals surface area contributed by atoms with Crippen LogP contribution >= 0.6 is 24.0 Å². The summed E-state index contributed by atoms with van der Waals surface area (Å²) in [5.41, 5.74) is 1.76. The zero-order valence-corrected chi connectivity index (χ0v) is 22.5. The maximum atomic E-state index is 13.7. The molecule has 2 aliphatic rings. The second-order valence-electron chi connectivity index (χ2n) is 9.20. The zero-order valence-electron chi connectivity index (χ0n) is 20.8. The Hall–Kier alpha value is -3.96. The van der Waals surface area contributed by atoms with Crippen LogP contribution in [0, 0.1) is 6.92 Å². The number of hydrogen-bond acceptors (Lipinski definition) is 7. The Morgan fingerprint density at radius 3 is 2.42 bits per heavy atom. The van der Waals surface area contributed by atoms with E-state index in [1.807, 2.05) is 36.4 Å². The molecular weight excluding hydrogens is 520 g/mol. The first-order valence-corrected chi connectivity index (χ1v) is 13.5. The smallest absolute Gasteiger partial charge is 0.296 e. The van der Waals surface area contributed by atoms with Crippen molar-refractivity contribution in [2.75, 3.05) is 22.9 Å². The Bertz CT molecular complexity index is 1760. The summed E-state index contributed by atoms with van der Waals surface area (Å²) in [7, 11) is 1.77. The lowest BCUT2D eigenvalue weighted by Crippen LogP contribution is -2.33. The van der Waals surface area contributed by atoms with Crippen LogP contribution in [0.3, 0.4) is 0 Å². The van der Waals surface area contributed by atoms with Crippen molar-refractivity contribution >= 4 is 57.4 Å². The summed E-state index contributed by atoms with van der Waals surface area (Å²) in [6.45, 7) is 3.36. The molecular formula is C27H24N6O3S2. The van der Waals surface area contributed by atoms with Gasteiger partial charge in [-0.05, 0) is 50.1 Å². The topological polar surface area (TPSA) is 84.9 Å². The van der Waals surface area contributed by atoms with Crippen LogP contribution in [0.25, 0.3) is 17.4 Å². The monoisotopic (exact) mass is 544 g/mol. The first-order valence-electron chi connectivity index (χ1n) is 12.2. The number of aromatic nitrogens is 4. The van der Waals surface area contributed by atoms with Crippen LogP contribution in [0.1, 0.15) is 24.1 Å². The number of rotatable bonds is 4. The average Bonchev–Trinajstić information content (AvgIpc) is 3.60. The second-order valence-corrected chi connectivity index (χ2v) is 10.9. The third-order valence-corrected chi connectivity index (χ3v) is 8.27. The van der Waals surface area contributed by atoms with E-state index < -0.39 is 5.91 Å². The van der Waals surface area contributed by atoms with Crippen molar-refractivity contribution in [1.29, 1.82) is 0 Å². The minimum Gasteiger partial charge on any atom is -0.356 e. The molecule has 192 valence electrons. The highest BCUT2D eigenvalue weighted by Crippen LogP contribution is 2.37. The maximum Gasteiger partial charge on any atom is 0.296 e. The van der Waals surface area contributed by atoms with Crippen LogP contribution in [-0.4, -0.2) is 42.1 Å². The normalized spacial score (nSPS) is 16.9. The summed E-state index contributed by atoms with van der Waals surface area (Å²) in [6.07, 6.45) is 5.27. The van der Waals surface area contributed by atoms with Gasteiger partial charge in [0.15, 0.2) is 4.32 Å². The highest BCUT2D eigenvalue weighted by Gasteiger charge is 2.38. The van der Waals surface area contributed by atoms with Crippen molar-refractivity contribution in [1.82, 2.24) is 18.7 Å². The number of carbonyl (C=O) groups excluding carboxylic acids is 1. The Morgan fingerprint density at radius 2 is 1.68 bits per heavy atom. The van der Waals surface area contributed by atoms with Gasteiger partial charge in [-0.15, -0.1) is 0 Å². The summed E-state index contributed by atoms with van der Waals surface area (Å²) >= 11 is 6.67. The van der Waals surface area contributed by atoms with Crippen molar-refractivity contribution in [2.45, 2.75) is 19.8 Å². The number of carbonyl (C=O) groups is 1. The van der Waals surface area contributed by atoms with Gasteiger partial charge in [-0.25, -0.2) is 9.67 Å².